The molecule has 4 nitrogen and oxygen atoms in total. The summed E-state index contributed by atoms with van der Waals surface area (Å²) in [6.07, 6.45) is 7.93. The summed E-state index contributed by atoms with van der Waals surface area (Å²) in [7, 11) is 0. The molecule has 1 fully saturated rings. The van der Waals surface area contributed by atoms with E-state index in [0.29, 0.717) is 11.8 Å². The van der Waals surface area contributed by atoms with Gasteiger partial charge >= 0.3 is 6.09 Å². The summed E-state index contributed by atoms with van der Waals surface area (Å²) in [6, 6.07) is -0.202. The van der Waals surface area contributed by atoms with Crippen LogP contribution in [0.5, 0.6) is 0 Å². The molecule has 0 radical (unpaired) electrons. The van der Waals surface area contributed by atoms with Gasteiger partial charge in [-0.3, -0.25) is 0 Å². The Balaban J connectivity index is 2.60. The normalized spacial score (nSPS) is 19.4. The van der Waals surface area contributed by atoms with Crippen LogP contribution in [-0.2, 0) is 4.74 Å². The van der Waals surface area contributed by atoms with Crippen LogP contribution in [0, 0.1) is 11.8 Å². The molecule has 0 aromatic carbocycles. The van der Waals surface area contributed by atoms with Crippen LogP contribution in [0.25, 0.3) is 0 Å². The largest absolute Gasteiger partial charge is 0.444 e. The van der Waals surface area contributed by atoms with Crippen molar-refractivity contribution < 1.29 is 14.6 Å². The Labute approximate surface area is 142 Å². The third-order valence-electron chi connectivity index (χ3n) is 4.52. The lowest BCUT2D eigenvalue weighted by Gasteiger charge is -2.31. The Morgan fingerprint density at radius 1 is 1.17 bits per heavy atom. The lowest BCUT2D eigenvalue weighted by Crippen LogP contribution is -2.46. The highest BCUT2D eigenvalue weighted by molar-refractivity contribution is 5.68. The highest BCUT2D eigenvalue weighted by Gasteiger charge is 2.28. The van der Waals surface area contributed by atoms with Crippen LogP contribution in [0.2, 0.25) is 0 Å². The van der Waals surface area contributed by atoms with Gasteiger partial charge in [-0.2, -0.15) is 0 Å². The first-order valence-corrected chi connectivity index (χ1v) is 9.35. The fourth-order valence-corrected chi connectivity index (χ4v) is 3.26. The Morgan fingerprint density at radius 3 is 2.30 bits per heavy atom. The smallest absolute Gasteiger partial charge is 0.407 e. The van der Waals surface area contributed by atoms with Crippen molar-refractivity contribution in [3.63, 3.8) is 0 Å². The lowest BCUT2D eigenvalue weighted by molar-refractivity contribution is 0.0373. The van der Waals surface area contributed by atoms with Crippen molar-refractivity contribution in [3.8, 4) is 0 Å². The van der Waals surface area contributed by atoms with Crippen LogP contribution >= 0.6 is 0 Å². The van der Waals surface area contributed by atoms with Crippen molar-refractivity contribution in [1.82, 2.24) is 5.32 Å². The molecule has 1 rings (SSSR count). The van der Waals surface area contributed by atoms with Gasteiger partial charge in [0.15, 0.2) is 0 Å². The van der Waals surface area contributed by atoms with E-state index in [4.69, 9.17) is 4.74 Å². The molecule has 0 saturated heterocycles. The quantitative estimate of drug-likeness (QED) is 0.715. The number of hydrogen-bond acceptors (Lipinski definition) is 3. The van der Waals surface area contributed by atoms with Crippen LogP contribution in [-0.4, -0.2) is 28.9 Å². The zero-order valence-corrected chi connectivity index (χ0v) is 15.7. The van der Waals surface area contributed by atoms with Crippen molar-refractivity contribution in [2.75, 3.05) is 0 Å². The number of aliphatic hydroxyl groups excluding tert-OH is 1. The Hall–Kier alpha value is -0.770. The van der Waals surface area contributed by atoms with Gasteiger partial charge in [0.2, 0.25) is 0 Å². The molecule has 1 saturated carbocycles. The number of carbonyl (C=O) groups is 1. The maximum atomic E-state index is 12.1. The maximum Gasteiger partial charge on any atom is 0.407 e. The van der Waals surface area contributed by atoms with E-state index in [1.165, 1.54) is 32.1 Å². The summed E-state index contributed by atoms with van der Waals surface area (Å²) in [6.45, 7) is 9.89. The predicted octanol–water partition coefficient (Wildman–Crippen LogP) is 4.65. The zero-order valence-electron chi connectivity index (χ0n) is 15.7. The first kappa shape index (κ1) is 20.3. The van der Waals surface area contributed by atoms with Gasteiger partial charge in [0.1, 0.15) is 5.60 Å². The number of carbonyl (C=O) groups excluding carboxylic acids is 1. The minimum atomic E-state index is -0.512. The minimum Gasteiger partial charge on any atom is -0.444 e. The molecular formula is C19H37NO3. The first-order valence-electron chi connectivity index (χ1n) is 9.35. The first-order chi connectivity index (χ1) is 10.7. The summed E-state index contributed by atoms with van der Waals surface area (Å²) in [4.78, 5) is 12.1. The van der Waals surface area contributed by atoms with Gasteiger partial charge in [-0.25, -0.2) is 4.79 Å². The van der Waals surface area contributed by atoms with Crippen LogP contribution in [0.1, 0.15) is 86.0 Å². The second-order valence-corrected chi connectivity index (χ2v) is 8.53. The highest BCUT2D eigenvalue weighted by atomic mass is 16.6. The van der Waals surface area contributed by atoms with Crippen molar-refractivity contribution in [2.45, 2.75) is 104 Å². The molecule has 1 unspecified atom stereocenters. The SMILES string of the molecule is CC(C)CCC(O)[C@H](CC1CCCCC1)NC(=O)OC(C)(C)C. The summed E-state index contributed by atoms with van der Waals surface area (Å²) >= 11 is 0. The molecule has 0 bridgehead atoms. The molecule has 136 valence electrons. The Bertz CT molecular complexity index is 343. The Morgan fingerprint density at radius 2 is 1.78 bits per heavy atom. The average Bonchev–Trinajstić information content (AvgIpc) is 2.43. The summed E-state index contributed by atoms with van der Waals surface area (Å²) in [5.74, 6) is 1.17. The van der Waals surface area contributed by atoms with Crippen molar-refractivity contribution >= 4 is 6.09 Å². The van der Waals surface area contributed by atoms with Crippen molar-refractivity contribution in [3.05, 3.63) is 0 Å². The number of aliphatic hydroxyl groups is 1. The molecule has 2 atom stereocenters. The van der Waals surface area contributed by atoms with Gasteiger partial charge in [-0.15, -0.1) is 0 Å². The minimum absolute atomic E-state index is 0.202. The van der Waals surface area contributed by atoms with E-state index in [1.807, 2.05) is 20.8 Å². The third-order valence-corrected chi connectivity index (χ3v) is 4.52. The molecule has 23 heavy (non-hydrogen) atoms. The summed E-state index contributed by atoms with van der Waals surface area (Å²) < 4.78 is 5.37. The van der Waals surface area contributed by atoms with Gasteiger partial charge < -0.3 is 15.2 Å². The number of alkyl carbamates (subject to hydrolysis) is 1. The topological polar surface area (TPSA) is 58.6 Å². The lowest BCUT2D eigenvalue weighted by atomic mass is 9.83. The fourth-order valence-electron chi connectivity index (χ4n) is 3.26. The van der Waals surface area contributed by atoms with Crippen LogP contribution < -0.4 is 5.32 Å². The molecule has 1 aliphatic carbocycles. The standard InChI is InChI=1S/C19H37NO3/c1-14(2)11-12-17(21)16(13-15-9-7-6-8-10-15)20-18(22)23-19(3,4)5/h14-17,21H,6-13H2,1-5H3,(H,20,22)/t16-,17?/m0/s1. The molecular weight excluding hydrogens is 290 g/mol. The zero-order chi connectivity index (χ0) is 17.5. The molecule has 0 aromatic rings. The number of nitrogens with one attached hydrogen (secondary N) is 1. The van der Waals surface area contributed by atoms with E-state index in [9.17, 15) is 9.90 Å². The average molecular weight is 328 g/mol. The van der Waals surface area contributed by atoms with E-state index in [0.717, 1.165) is 19.3 Å². The fraction of sp³-hybridized carbons (Fsp3) is 0.947. The second kappa shape index (κ2) is 9.51. The number of hydrogen-bond donors (Lipinski definition) is 2. The van der Waals surface area contributed by atoms with E-state index in [1.54, 1.807) is 0 Å². The third kappa shape index (κ3) is 9.19. The van der Waals surface area contributed by atoms with Crippen molar-refractivity contribution in [2.24, 2.45) is 11.8 Å². The molecule has 1 aliphatic rings. The Kier molecular flexibility index (Phi) is 8.38. The second-order valence-electron chi connectivity index (χ2n) is 8.53. The van der Waals surface area contributed by atoms with Gasteiger partial charge in [0.05, 0.1) is 12.1 Å². The van der Waals surface area contributed by atoms with Crippen molar-refractivity contribution in [1.29, 1.82) is 0 Å². The van der Waals surface area contributed by atoms with E-state index in [-0.39, 0.29) is 6.04 Å². The molecule has 0 aromatic heterocycles. The maximum absolute atomic E-state index is 12.1. The van der Waals surface area contributed by atoms with Crippen LogP contribution in [0.4, 0.5) is 4.79 Å². The molecule has 4 heteroatoms. The molecule has 0 spiro atoms. The van der Waals surface area contributed by atoms with E-state index in [2.05, 4.69) is 19.2 Å². The van der Waals surface area contributed by atoms with Crippen LogP contribution in [0.15, 0.2) is 0 Å². The van der Waals surface area contributed by atoms with E-state index < -0.39 is 17.8 Å². The predicted molar refractivity (Wildman–Crippen MR) is 94.4 cm³/mol. The number of ether oxygens (including phenoxy) is 1. The molecule has 2 N–H and O–H groups in total. The summed E-state index contributed by atoms with van der Waals surface area (Å²) in [5, 5.41) is 13.5. The van der Waals surface area contributed by atoms with Crippen LogP contribution in [0.3, 0.4) is 0 Å². The highest BCUT2D eigenvalue weighted by Crippen LogP contribution is 2.29. The number of amides is 1. The monoisotopic (exact) mass is 327 g/mol. The summed E-state index contributed by atoms with van der Waals surface area (Å²) in [5.41, 5.74) is -0.512. The number of rotatable bonds is 7. The van der Waals surface area contributed by atoms with Gasteiger partial charge in [-0.1, -0.05) is 46.0 Å². The molecule has 0 aliphatic heterocycles. The van der Waals surface area contributed by atoms with E-state index >= 15 is 0 Å². The molecule has 0 heterocycles. The molecule has 1 amide bonds. The van der Waals surface area contributed by atoms with Gasteiger partial charge in [0, 0.05) is 0 Å². The van der Waals surface area contributed by atoms with Gasteiger partial charge in [-0.05, 0) is 51.9 Å². The van der Waals surface area contributed by atoms with Gasteiger partial charge in [0.25, 0.3) is 0 Å².